The van der Waals surface area contributed by atoms with Crippen LogP contribution in [-0.4, -0.2) is 30.4 Å². The normalized spacial score (nSPS) is 13.6. The van der Waals surface area contributed by atoms with Gasteiger partial charge in [0.15, 0.2) is 0 Å². The van der Waals surface area contributed by atoms with Crippen molar-refractivity contribution in [1.82, 2.24) is 5.32 Å². The summed E-state index contributed by atoms with van der Waals surface area (Å²) in [6, 6.07) is 6.12. The van der Waals surface area contributed by atoms with Crippen LogP contribution in [0.4, 0.5) is 5.00 Å². The number of primary amides is 1. The van der Waals surface area contributed by atoms with E-state index in [0.717, 1.165) is 29.7 Å². The molecule has 0 bridgehead atoms. The number of carbonyl (C=O) groups is 3. The largest absolute Gasteiger partial charge is 0.493 e. The zero-order valence-electron chi connectivity index (χ0n) is 17.4. The molecule has 0 saturated carbocycles. The first-order valence-corrected chi connectivity index (χ1v) is 10.9. The molecule has 1 aromatic heterocycles. The summed E-state index contributed by atoms with van der Waals surface area (Å²) in [5.74, 6) is -1.02. The molecule has 0 aliphatic heterocycles. The molecule has 3 amide bonds. The molecule has 0 saturated heterocycles. The van der Waals surface area contributed by atoms with Crippen LogP contribution in [-0.2, 0) is 17.6 Å². The van der Waals surface area contributed by atoms with Crippen molar-refractivity contribution >= 4 is 34.1 Å². The predicted molar refractivity (Wildman–Crippen MR) is 117 cm³/mol. The van der Waals surface area contributed by atoms with E-state index in [4.69, 9.17) is 10.5 Å². The van der Waals surface area contributed by atoms with Crippen LogP contribution in [0.3, 0.4) is 0 Å². The molecule has 2 aromatic rings. The molecule has 8 heteroatoms. The second kappa shape index (κ2) is 9.30. The molecule has 0 fully saturated rings. The monoisotopic (exact) mass is 429 g/mol. The van der Waals surface area contributed by atoms with Gasteiger partial charge in [0, 0.05) is 4.88 Å². The highest BCUT2D eigenvalue weighted by atomic mass is 32.1. The molecule has 1 heterocycles. The van der Waals surface area contributed by atoms with Gasteiger partial charge in [0.05, 0.1) is 17.7 Å². The van der Waals surface area contributed by atoms with Crippen LogP contribution in [0.5, 0.6) is 5.75 Å². The number of rotatable bonds is 8. The van der Waals surface area contributed by atoms with Gasteiger partial charge in [-0.15, -0.1) is 11.3 Å². The number of hydrogen-bond acceptors (Lipinski definition) is 5. The quantitative estimate of drug-likeness (QED) is 0.599. The first-order valence-electron chi connectivity index (χ1n) is 10.1. The average Bonchev–Trinajstić information content (AvgIpc) is 3.26. The highest BCUT2D eigenvalue weighted by Gasteiger charge is 2.30. The van der Waals surface area contributed by atoms with Crippen molar-refractivity contribution in [2.75, 3.05) is 11.9 Å². The minimum atomic E-state index is -0.787. The van der Waals surface area contributed by atoms with Crippen LogP contribution < -0.4 is 21.1 Å². The zero-order valence-corrected chi connectivity index (χ0v) is 18.2. The van der Waals surface area contributed by atoms with E-state index in [0.29, 0.717) is 28.5 Å². The number of amides is 3. The molecule has 1 atom stereocenters. The summed E-state index contributed by atoms with van der Waals surface area (Å²) in [5, 5.41) is 6.10. The maximum Gasteiger partial charge on any atom is 0.255 e. The molecule has 1 aliphatic rings. The summed E-state index contributed by atoms with van der Waals surface area (Å²) < 4.78 is 5.52. The van der Waals surface area contributed by atoms with E-state index in [1.54, 1.807) is 24.3 Å². The van der Waals surface area contributed by atoms with Gasteiger partial charge >= 0.3 is 0 Å². The number of thiophene rings is 1. The molecule has 0 unspecified atom stereocenters. The van der Waals surface area contributed by atoms with Crippen molar-refractivity contribution in [2.24, 2.45) is 11.7 Å². The number of anilines is 1. The number of benzene rings is 1. The number of hydrogen-bond donors (Lipinski definition) is 3. The Labute approximate surface area is 180 Å². The molecule has 4 N–H and O–H groups in total. The maximum atomic E-state index is 13.0. The van der Waals surface area contributed by atoms with Gasteiger partial charge in [0.25, 0.3) is 11.8 Å². The summed E-state index contributed by atoms with van der Waals surface area (Å²) in [7, 11) is 0. The number of nitrogens with two attached hydrogens (primary N) is 1. The molecule has 0 spiro atoms. The Morgan fingerprint density at radius 1 is 1.20 bits per heavy atom. The number of fused-ring (bicyclic) bond motifs is 1. The number of ether oxygens (including phenoxy) is 1. The van der Waals surface area contributed by atoms with Crippen LogP contribution in [0, 0.1) is 5.92 Å². The first-order chi connectivity index (χ1) is 14.3. The van der Waals surface area contributed by atoms with Crippen molar-refractivity contribution in [3.05, 3.63) is 45.8 Å². The standard InChI is InChI=1S/C22H27N3O4S/c1-4-29-15-10-6-5-8-13(15)20(27)24-18(12(2)3)21(28)25-22-17(19(23)26)14-9-7-11-16(14)30-22/h5-6,8,10,12,18H,4,7,9,11H2,1-3H3,(H2,23,26)(H,24,27)(H,25,28)/t18-/m0/s1. The van der Waals surface area contributed by atoms with Gasteiger partial charge in [-0.25, -0.2) is 0 Å². The van der Waals surface area contributed by atoms with E-state index >= 15 is 0 Å². The number of nitrogens with one attached hydrogen (secondary N) is 2. The van der Waals surface area contributed by atoms with Crippen LogP contribution in [0.15, 0.2) is 24.3 Å². The Morgan fingerprint density at radius 2 is 1.93 bits per heavy atom. The highest BCUT2D eigenvalue weighted by Crippen LogP contribution is 2.39. The van der Waals surface area contributed by atoms with Gasteiger partial charge in [-0.1, -0.05) is 26.0 Å². The van der Waals surface area contributed by atoms with Crippen LogP contribution in [0.1, 0.15) is 58.3 Å². The maximum absolute atomic E-state index is 13.0. The van der Waals surface area contributed by atoms with Gasteiger partial charge in [-0.05, 0) is 49.8 Å². The van der Waals surface area contributed by atoms with Crippen molar-refractivity contribution in [1.29, 1.82) is 0 Å². The fourth-order valence-corrected chi connectivity index (χ4v) is 4.93. The minimum absolute atomic E-state index is 0.169. The minimum Gasteiger partial charge on any atom is -0.493 e. The molecule has 1 aliphatic carbocycles. The molecule has 160 valence electrons. The van der Waals surface area contributed by atoms with Gasteiger partial charge in [0.2, 0.25) is 5.91 Å². The van der Waals surface area contributed by atoms with Crippen molar-refractivity contribution in [2.45, 2.75) is 46.1 Å². The van der Waals surface area contributed by atoms with Crippen molar-refractivity contribution in [3.8, 4) is 5.75 Å². The van der Waals surface area contributed by atoms with Crippen LogP contribution >= 0.6 is 11.3 Å². The van der Waals surface area contributed by atoms with Crippen LogP contribution in [0.25, 0.3) is 0 Å². The van der Waals surface area contributed by atoms with Gasteiger partial charge in [-0.2, -0.15) is 0 Å². The zero-order chi connectivity index (χ0) is 21.8. The van der Waals surface area contributed by atoms with E-state index in [-0.39, 0.29) is 11.8 Å². The lowest BCUT2D eigenvalue weighted by Gasteiger charge is -2.22. The summed E-state index contributed by atoms with van der Waals surface area (Å²) >= 11 is 1.39. The SMILES string of the molecule is CCOc1ccccc1C(=O)N[C@H](C(=O)Nc1sc2c(c1C(N)=O)CCC2)C(C)C. The molecule has 30 heavy (non-hydrogen) atoms. The average molecular weight is 430 g/mol. The summed E-state index contributed by atoms with van der Waals surface area (Å²) in [4.78, 5) is 39.0. The summed E-state index contributed by atoms with van der Waals surface area (Å²) in [5.41, 5.74) is 7.29. The number of carbonyl (C=O) groups excluding carboxylic acids is 3. The fourth-order valence-electron chi connectivity index (χ4n) is 3.63. The molecule has 3 rings (SSSR count). The van der Waals surface area contributed by atoms with E-state index in [1.807, 2.05) is 20.8 Å². The topological polar surface area (TPSA) is 111 Å². The Kier molecular flexibility index (Phi) is 6.77. The Bertz CT molecular complexity index is 967. The van der Waals surface area contributed by atoms with Crippen molar-refractivity contribution in [3.63, 3.8) is 0 Å². The Hall–Kier alpha value is -2.87. The molecule has 1 aromatic carbocycles. The molecular weight excluding hydrogens is 402 g/mol. The lowest BCUT2D eigenvalue weighted by Crippen LogP contribution is -2.47. The first kappa shape index (κ1) is 21.8. The Morgan fingerprint density at radius 3 is 2.60 bits per heavy atom. The summed E-state index contributed by atoms with van der Waals surface area (Å²) in [6.07, 6.45) is 2.66. The highest BCUT2D eigenvalue weighted by molar-refractivity contribution is 7.17. The molecular formula is C22H27N3O4S. The second-order valence-electron chi connectivity index (χ2n) is 7.54. The van der Waals surface area contributed by atoms with Crippen LogP contribution in [0.2, 0.25) is 0 Å². The van der Waals surface area contributed by atoms with Gasteiger partial charge < -0.3 is 21.1 Å². The number of para-hydroxylation sites is 1. The molecule has 7 nitrogen and oxygen atoms in total. The second-order valence-corrected chi connectivity index (χ2v) is 8.64. The Balaban J connectivity index is 1.80. The van der Waals surface area contributed by atoms with Crippen molar-refractivity contribution < 1.29 is 19.1 Å². The van der Waals surface area contributed by atoms with Gasteiger partial charge in [0.1, 0.15) is 16.8 Å². The predicted octanol–water partition coefficient (Wildman–Crippen LogP) is 3.13. The third kappa shape index (κ3) is 4.48. The van der Waals surface area contributed by atoms with E-state index in [1.165, 1.54) is 11.3 Å². The van der Waals surface area contributed by atoms with E-state index < -0.39 is 17.9 Å². The summed E-state index contributed by atoms with van der Waals surface area (Å²) in [6.45, 7) is 5.97. The number of aryl methyl sites for hydroxylation is 1. The fraction of sp³-hybridized carbons (Fsp3) is 0.409. The lowest BCUT2D eigenvalue weighted by molar-refractivity contribution is -0.118. The van der Waals surface area contributed by atoms with E-state index in [9.17, 15) is 14.4 Å². The van der Waals surface area contributed by atoms with E-state index in [2.05, 4.69) is 10.6 Å². The third-order valence-corrected chi connectivity index (χ3v) is 6.28. The molecule has 0 radical (unpaired) electrons. The smallest absolute Gasteiger partial charge is 0.255 e. The van der Waals surface area contributed by atoms with Gasteiger partial charge in [-0.3, -0.25) is 14.4 Å². The third-order valence-electron chi connectivity index (χ3n) is 5.07. The lowest BCUT2D eigenvalue weighted by atomic mass is 10.0.